The quantitative estimate of drug-likeness (QED) is 0.924. The van der Waals surface area contributed by atoms with Gasteiger partial charge in [0.05, 0.1) is 12.6 Å². The summed E-state index contributed by atoms with van der Waals surface area (Å²) in [5.41, 5.74) is 2.57. The number of carbonyl (C=O) groups excluding carboxylic acids is 2. The molecule has 24 heavy (non-hydrogen) atoms. The second-order valence-corrected chi connectivity index (χ2v) is 6.53. The van der Waals surface area contributed by atoms with E-state index in [1.807, 2.05) is 30.0 Å². The van der Waals surface area contributed by atoms with Gasteiger partial charge in [-0.05, 0) is 37.3 Å². The van der Waals surface area contributed by atoms with E-state index < -0.39 is 0 Å². The van der Waals surface area contributed by atoms with Gasteiger partial charge in [-0.15, -0.1) is 0 Å². The van der Waals surface area contributed by atoms with Crippen molar-refractivity contribution < 1.29 is 9.59 Å². The minimum atomic E-state index is -0.122. The van der Waals surface area contributed by atoms with Gasteiger partial charge >= 0.3 is 6.03 Å². The first-order valence-electron chi connectivity index (χ1n) is 8.66. The zero-order valence-electron chi connectivity index (χ0n) is 14.4. The minimum absolute atomic E-state index is 0.0595. The number of hydrogen-bond donors (Lipinski definition) is 1. The first kappa shape index (κ1) is 16.6. The topological polar surface area (TPSA) is 52.7 Å². The molecule has 3 rings (SSSR count). The highest BCUT2D eigenvalue weighted by Gasteiger charge is 2.39. The predicted octanol–water partition coefficient (Wildman–Crippen LogP) is 2.49. The average Bonchev–Trinajstić information content (AvgIpc) is 2.89. The van der Waals surface area contributed by atoms with Crippen LogP contribution in [0.3, 0.4) is 0 Å². The second kappa shape index (κ2) is 7.07. The van der Waals surface area contributed by atoms with Crippen molar-refractivity contribution in [2.45, 2.75) is 38.3 Å². The van der Waals surface area contributed by atoms with Crippen LogP contribution in [-0.2, 0) is 4.79 Å². The standard InChI is InChI=1S/C19H25N3O2/c1-3-21(2)18(23)13-20-19(24)22-16-9-10-17(22)12-15(11-16)14-7-5-4-6-8-14/h4-8,11,16-17H,3,9-10,12-13H2,1-2H3,(H,20,24)/t16-,17-/m1/s1. The molecule has 2 aliphatic heterocycles. The lowest BCUT2D eigenvalue weighted by Crippen LogP contribution is -2.50. The van der Waals surface area contributed by atoms with E-state index in [0.29, 0.717) is 6.54 Å². The lowest BCUT2D eigenvalue weighted by molar-refractivity contribution is -0.128. The third kappa shape index (κ3) is 3.30. The Hall–Kier alpha value is -2.30. The summed E-state index contributed by atoms with van der Waals surface area (Å²) < 4.78 is 0. The summed E-state index contributed by atoms with van der Waals surface area (Å²) in [7, 11) is 1.74. The lowest BCUT2D eigenvalue weighted by Gasteiger charge is -2.34. The van der Waals surface area contributed by atoms with Gasteiger partial charge in [-0.2, -0.15) is 0 Å². The molecule has 2 heterocycles. The molecule has 2 atom stereocenters. The van der Waals surface area contributed by atoms with Gasteiger partial charge in [0, 0.05) is 19.6 Å². The molecule has 0 aromatic heterocycles. The Kier molecular flexibility index (Phi) is 4.88. The molecule has 128 valence electrons. The first-order chi connectivity index (χ1) is 11.6. The van der Waals surface area contributed by atoms with Crippen LogP contribution >= 0.6 is 0 Å². The molecule has 0 radical (unpaired) electrons. The third-order valence-electron chi connectivity index (χ3n) is 5.07. The molecular weight excluding hydrogens is 302 g/mol. The molecule has 0 aliphatic carbocycles. The Morgan fingerprint density at radius 2 is 2.00 bits per heavy atom. The Morgan fingerprint density at radius 1 is 1.25 bits per heavy atom. The highest BCUT2D eigenvalue weighted by molar-refractivity contribution is 5.85. The molecule has 3 amide bonds. The van der Waals surface area contributed by atoms with Gasteiger partial charge in [0.25, 0.3) is 0 Å². The highest BCUT2D eigenvalue weighted by atomic mass is 16.2. The van der Waals surface area contributed by atoms with E-state index in [2.05, 4.69) is 23.5 Å². The maximum atomic E-state index is 12.5. The zero-order valence-corrected chi connectivity index (χ0v) is 14.4. The fourth-order valence-electron chi connectivity index (χ4n) is 3.57. The monoisotopic (exact) mass is 327 g/mol. The number of fused-ring (bicyclic) bond motifs is 2. The van der Waals surface area contributed by atoms with Gasteiger partial charge < -0.3 is 15.1 Å². The summed E-state index contributed by atoms with van der Waals surface area (Å²) in [6, 6.07) is 10.6. The Balaban J connectivity index is 1.65. The van der Waals surface area contributed by atoms with Crippen LogP contribution in [0.4, 0.5) is 4.79 Å². The smallest absolute Gasteiger partial charge is 0.318 e. The predicted molar refractivity (Wildman–Crippen MR) is 94.4 cm³/mol. The summed E-state index contributed by atoms with van der Waals surface area (Å²) in [5, 5.41) is 2.79. The van der Waals surface area contributed by atoms with Gasteiger partial charge in [-0.1, -0.05) is 36.4 Å². The maximum absolute atomic E-state index is 12.5. The van der Waals surface area contributed by atoms with Crippen molar-refractivity contribution in [2.75, 3.05) is 20.1 Å². The molecule has 2 bridgehead atoms. The van der Waals surface area contributed by atoms with Crippen molar-refractivity contribution in [2.24, 2.45) is 0 Å². The average molecular weight is 327 g/mol. The van der Waals surface area contributed by atoms with Crippen LogP contribution in [0.25, 0.3) is 5.57 Å². The summed E-state index contributed by atoms with van der Waals surface area (Å²) in [4.78, 5) is 27.9. The van der Waals surface area contributed by atoms with Crippen LogP contribution in [0.5, 0.6) is 0 Å². The maximum Gasteiger partial charge on any atom is 0.318 e. The number of carbonyl (C=O) groups is 2. The number of benzene rings is 1. The number of likely N-dealkylation sites (N-methyl/N-ethyl adjacent to an activating group) is 1. The van der Waals surface area contributed by atoms with E-state index in [1.165, 1.54) is 11.1 Å². The summed E-state index contributed by atoms with van der Waals surface area (Å²) in [6.45, 7) is 2.63. The first-order valence-corrected chi connectivity index (χ1v) is 8.66. The van der Waals surface area contributed by atoms with Gasteiger partial charge in [0.2, 0.25) is 5.91 Å². The number of hydrogen-bond acceptors (Lipinski definition) is 2. The Morgan fingerprint density at radius 3 is 2.67 bits per heavy atom. The van der Waals surface area contributed by atoms with Gasteiger partial charge in [0.15, 0.2) is 0 Å². The number of nitrogens with zero attached hydrogens (tertiary/aromatic N) is 2. The summed E-state index contributed by atoms with van der Waals surface area (Å²) >= 11 is 0. The number of urea groups is 1. The van der Waals surface area contributed by atoms with E-state index in [-0.39, 0.29) is 30.6 Å². The fraction of sp³-hybridized carbons (Fsp3) is 0.474. The normalized spacial score (nSPS) is 22.1. The number of nitrogens with one attached hydrogen (secondary N) is 1. The molecule has 5 nitrogen and oxygen atoms in total. The van der Waals surface area contributed by atoms with Crippen LogP contribution < -0.4 is 5.32 Å². The van der Waals surface area contributed by atoms with E-state index >= 15 is 0 Å². The lowest BCUT2D eigenvalue weighted by atomic mass is 9.95. The van der Waals surface area contributed by atoms with Crippen LogP contribution in [0.15, 0.2) is 36.4 Å². The largest absolute Gasteiger partial charge is 0.345 e. The van der Waals surface area contributed by atoms with Crippen molar-refractivity contribution in [3.05, 3.63) is 42.0 Å². The summed E-state index contributed by atoms with van der Waals surface area (Å²) in [6.07, 6.45) is 5.13. The highest BCUT2D eigenvalue weighted by Crippen LogP contribution is 2.38. The van der Waals surface area contributed by atoms with Gasteiger partial charge in [0.1, 0.15) is 0 Å². The molecule has 0 unspecified atom stereocenters. The van der Waals surface area contributed by atoms with Gasteiger partial charge in [-0.25, -0.2) is 4.79 Å². The van der Waals surface area contributed by atoms with Gasteiger partial charge in [-0.3, -0.25) is 4.79 Å². The molecule has 1 saturated heterocycles. The SMILES string of the molecule is CCN(C)C(=O)CNC(=O)N1[C@@H]2CC[C@@H]1C=C(c1ccccc1)C2. The van der Waals surface area contributed by atoms with Crippen molar-refractivity contribution in [3.8, 4) is 0 Å². The minimum Gasteiger partial charge on any atom is -0.345 e. The van der Waals surface area contributed by atoms with E-state index in [1.54, 1.807) is 11.9 Å². The Labute approximate surface area is 143 Å². The van der Waals surface area contributed by atoms with E-state index in [4.69, 9.17) is 0 Å². The molecule has 1 N–H and O–H groups in total. The van der Waals surface area contributed by atoms with Crippen LogP contribution in [-0.4, -0.2) is 54.0 Å². The molecule has 5 heteroatoms. The van der Waals surface area contributed by atoms with E-state index in [0.717, 1.165) is 19.3 Å². The summed E-state index contributed by atoms with van der Waals surface area (Å²) in [5.74, 6) is -0.0595. The third-order valence-corrected chi connectivity index (χ3v) is 5.07. The molecule has 0 spiro atoms. The Bertz CT molecular complexity index is 641. The second-order valence-electron chi connectivity index (χ2n) is 6.53. The number of rotatable bonds is 4. The zero-order chi connectivity index (χ0) is 17.1. The molecule has 1 fully saturated rings. The fourth-order valence-corrected chi connectivity index (χ4v) is 3.57. The van der Waals surface area contributed by atoms with Crippen LogP contribution in [0, 0.1) is 0 Å². The van der Waals surface area contributed by atoms with Crippen LogP contribution in [0.2, 0.25) is 0 Å². The van der Waals surface area contributed by atoms with Crippen molar-refractivity contribution >= 4 is 17.5 Å². The van der Waals surface area contributed by atoms with Crippen molar-refractivity contribution in [3.63, 3.8) is 0 Å². The van der Waals surface area contributed by atoms with Crippen LogP contribution in [0.1, 0.15) is 31.7 Å². The molecule has 2 aliphatic rings. The molecule has 0 saturated carbocycles. The molecular formula is C19H25N3O2. The van der Waals surface area contributed by atoms with Crippen molar-refractivity contribution in [1.29, 1.82) is 0 Å². The number of amides is 3. The molecule has 1 aromatic carbocycles. The molecule has 1 aromatic rings. The van der Waals surface area contributed by atoms with Crippen molar-refractivity contribution in [1.82, 2.24) is 15.1 Å². The van der Waals surface area contributed by atoms with E-state index in [9.17, 15) is 9.59 Å².